The predicted molar refractivity (Wildman–Crippen MR) is 123 cm³/mol. The molecular formula is C24H26FN3O5S. The second-order valence-electron chi connectivity index (χ2n) is 8.41. The molecule has 10 heteroatoms. The third kappa shape index (κ3) is 5.32. The summed E-state index contributed by atoms with van der Waals surface area (Å²) in [7, 11) is -3.51. The fourth-order valence-electron chi connectivity index (χ4n) is 4.11. The minimum absolute atomic E-state index is 0.0135. The minimum Gasteiger partial charge on any atom is -0.489 e. The Balaban J connectivity index is 1.52. The van der Waals surface area contributed by atoms with Gasteiger partial charge in [0.25, 0.3) is 5.91 Å². The van der Waals surface area contributed by atoms with Crippen molar-refractivity contribution in [2.75, 3.05) is 50.5 Å². The van der Waals surface area contributed by atoms with Gasteiger partial charge >= 0.3 is 0 Å². The van der Waals surface area contributed by atoms with Crippen LogP contribution in [0, 0.1) is 17.1 Å². The molecular weight excluding hydrogens is 461 g/mol. The molecule has 0 radical (unpaired) electrons. The van der Waals surface area contributed by atoms with E-state index in [1.807, 2.05) is 4.90 Å². The van der Waals surface area contributed by atoms with E-state index in [0.717, 1.165) is 6.26 Å². The topological polar surface area (TPSA) is 99.9 Å². The molecule has 2 fully saturated rings. The summed E-state index contributed by atoms with van der Waals surface area (Å²) in [4.78, 5) is 17.1. The molecule has 2 aliphatic heterocycles. The van der Waals surface area contributed by atoms with E-state index in [-0.39, 0.29) is 28.0 Å². The Labute approximate surface area is 198 Å². The number of nitriles is 1. The van der Waals surface area contributed by atoms with Crippen LogP contribution in [0.25, 0.3) is 0 Å². The van der Waals surface area contributed by atoms with Crippen LogP contribution in [0.2, 0.25) is 0 Å². The van der Waals surface area contributed by atoms with Crippen molar-refractivity contribution in [2.45, 2.75) is 23.8 Å². The van der Waals surface area contributed by atoms with Crippen molar-refractivity contribution in [3.63, 3.8) is 0 Å². The summed E-state index contributed by atoms with van der Waals surface area (Å²) in [5.74, 6) is -0.523. The molecule has 2 heterocycles. The van der Waals surface area contributed by atoms with Crippen LogP contribution in [0.3, 0.4) is 0 Å². The van der Waals surface area contributed by atoms with Crippen LogP contribution in [0.5, 0.6) is 5.75 Å². The number of ether oxygens (including phenoxy) is 2. The van der Waals surface area contributed by atoms with E-state index in [9.17, 15) is 17.6 Å². The van der Waals surface area contributed by atoms with Gasteiger partial charge in [0.2, 0.25) is 0 Å². The summed E-state index contributed by atoms with van der Waals surface area (Å²) >= 11 is 0. The molecule has 0 aromatic heterocycles. The number of carbonyl (C=O) groups excluding carboxylic acids is 1. The number of rotatable bonds is 5. The molecule has 0 atom stereocenters. The molecule has 2 aromatic carbocycles. The highest BCUT2D eigenvalue weighted by Crippen LogP contribution is 2.28. The van der Waals surface area contributed by atoms with Gasteiger partial charge in [0, 0.05) is 51.0 Å². The number of hydrogen-bond donors (Lipinski definition) is 0. The number of benzene rings is 2. The van der Waals surface area contributed by atoms with E-state index in [0.29, 0.717) is 63.7 Å². The molecule has 0 saturated carbocycles. The lowest BCUT2D eigenvalue weighted by Crippen LogP contribution is -2.49. The first-order valence-electron chi connectivity index (χ1n) is 11.1. The Morgan fingerprint density at radius 3 is 2.44 bits per heavy atom. The van der Waals surface area contributed by atoms with Crippen LogP contribution in [0.4, 0.5) is 10.1 Å². The van der Waals surface area contributed by atoms with Crippen LogP contribution < -0.4 is 9.64 Å². The Kier molecular flexibility index (Phi) is 7.05. The van der Waals surface area contributed by atoms with Crippen molar-refractivity contribution in [3.05, 3.63) is 53.3 Å². The zero-order chi connectivity index (χ0) is 24.3. The number of hydrogen-bond acceptors (Lipinski definition) is 7. The van der Waals surface area contributed by atoms with Crippen LogP contribution in [-0.2, 0) is 14.6 Å². The first-order chi connectivity index (χ1) is 16.3. The standard InChI is InChI=1S/C24H26FN3O5S/c1-34(30,31)20-4-5-23(33-19-6-12-32-13-7-19)21(15-20)24(29)28-10-8-27(9-11-28)18-3-2-17(16-26)22(25)14-18/h2-5,14-15,19H,6-13H2,1H3. The Bertz CT molecular complexity index is 1210. The van der Waals surface area contributed by atoms with Crippen LogP contribution in [0.15, 0.2) is 41.3 Å². The van der Waals surface area contributed by atoms with Gasteiger partial charge in [-0.05, 0) is 36.4 Å². The van der Waals surface area contributed by atoms with Crippen LogP contribution in [0.1, 0.15) is 28.8 Å². The van der Waals surface area contributed by atoms with Gasteiger partial charge in [0.1, 0.15) is 23.7 Å². The van der Waals surface area contributed by atoms with Crippen molar-refractivity contribution >= 4 is 21.4 Å². The van der Waals surface area contributed by atoms with Gasteiger partial charge in [-0.25, -0.2) is 12.8 Å². The Morgan fingerprint density at radius 1 is 1.12 bits per heavy atom. The highest BCUT2D eigenvalue weighted by molar-refractivity contribution is 7.90. The van der Waals surface area contributed by atoms with Gasteiger partial charge in [0.15, 0.2) is 9.84 Å². The molecule has 0 bridgehead atoms. The fourth-order valence-corrected chi connectivity index (χ4v) is 4.76. The largest absolute Gasteiger partial charge is 0.489 e. The molecule has 2 aliphatic rings. The van der Waals surface area contributed by atoms with Crippen molar-refractivity contribution in [2.24, 2.45) is 0 Å². The predicted octanol–water partition coefficient (Wildman–Crippen LogP) is 2.62. The van der Waals surface area contributed by atoms with Gasteiger partial charge in [0.05, 0.1) is 29.2 Å². The number of carbonyl (C=O) groups is 1. The lowest BCUT2D eigenvalue weighted by Gasteiger charge is -2.36. The molecule has 180 valence electrons. The van der Waals surface area contributed by atoms with Gasteiger partial charge in [-0.15, -0.1) is 0 Å². The van der Waals surface area contributed by atoms with E-state index in [1.54, 1.807) is 23.1 Å². The van der Waals surface area contributed by atoms with Gasteiger partial charge < -0.3 is 19.3 Å². The molecule has 4 rings (SSSR count). The number of nitrogens with zero attached hydrogens (tertiary/aromatic N) is 3. The fraction of sp³-hybridized carbons (Fsp3) is 0.417. The summed E-state index contributed by atoms with van der Waals surface area (Å²) in [6, 6.07) is 10.7. The van der Waals surface area contributed by atoms with E-state index < -0.39 is 15.7 Å². The van der Waals surface area contributed by atoms with E-state index >= 15 is 0 Å². The van der Waals surface area contributed by atoms with Gasteiger partial charge in [-0.3, -0.25) is 4.79 Å². The summed E-state index contributed by atoms with van der Waals surface area (Å²) in [6.45, 7) is 2.85. The monoisotopic (exact) mass is 487 g/mol. The molecule has 0 spiro atoms. The SMILES string of the molecule is CS(=O)(=O)c1ccc(OC2CCOCC2)c(C(=O)N2CCN(c3ccc(C#N)c(F)c3)CC2)c1. The Hall–Kier alpha value is -3.16. The van der Waals surface area contributed by atoms with E-state index in [2.05, 4.69) is 0 Å². The van der Waals surface area contributed by atoms with Crippen molar-refractivity contribution in [1.82, 2.24) is 4.90 Å². The number of anilines is 1. The smallest absolute Gasteiger partial charge is 0.257 e. The maximum Gasteiger partial charge on any atom is 0.257 e. The third-order valence-electron chi connectivity index (χ3n) is 6.08. The maximum atomic E-state index is 14.0. The highest BCUT2D eigenvalue weighted by atomic mass is 32.2. The molecule has 8 nitrogen and oxygen atoms in total. The zero-order valence-corrected chi connectivity index (χ0v) is 19.7. The van der Waals surface area contributed by atoms with Gasteiger partial charge in [-0.1, -0.05) is 0 Å². The van der Waals surface area contributed by atoms with Crippen molar-refractivity contribution in [3.8, 4) is 11.8 Å². The lowest BCUT2D eigenvalue weighted by atomic mass is 10.1. The molecule has 34 heavy (non-hydrogen) atoms. The Morgan fingerprint density at radius 2 is 1.82 bits per heavy atom. The van der Waals surface area contributed by atoms with Crippen molar-refractivity contribution in [1.29, 1.82) is 5.26 Å². The molecule has 0 N–H and O–H groups in total. The first-order valence-corrected chi connectivity index (χ1v) is 13.0. The molecule has 2 aromatic rings. The van der Waals surface area contributed by atoms with Gasteiger partial charge in [-0.2, -0.15) is 5.26 Å². The summed E-state index contributed by atoms with van der Waals surface area (Å²) < 4.78 is 49.7. The second-order valence-corrected chi connectivity index (χ2v) is 10.4. The molecule has 0 unspecified atom stereocenters. The van der Waals surface area contributed by atoms with Crippen molar-refractivity contribution < 1.29 is 27.1 Å². The number of piperazine rings is 1. The second kappa shape index (κ2) is 9.99. The first kappa shape index (κ1) is 24.0. The van der Waals surface area contributed by atoms with E-state index in [1.165, 1.54) is 24.3 Å². The molecule has 2 saturated heterocycles. The maximum absolute atomic E-state index is 14.0. The number of amides is 1. The number of halogens is 1. The highest BCUT2D eigenvalue weighted by Gasteiger charge is 2.27. The average Bonchev–Trinajstić information content (AvgIpc) is 2.84. The van der Waals surface area contributed by atoms with E-state index in [4.69, 9.17) is 14.7 Å². The van der Waals surface area contributed by atoms with Crippen LogP contribution in [-0.4, -0.2) is 71.0 Å². The summed E-state index contributed by atoms with van der Waals surface area (Å²) in [6.07, 6.45) is 2.39. The molecule has 0 aliphatic carbocycles. The van der Waals surface area contributed by atoms with Crippen LogP contribution >= 0.6 is 0 Å². The lowest BCUT2D eigenvalue weighted by molar-refractivity contribution is 0.0249. The normalized spacial score (nSPS) is 17.3. The molecule has 1 amide bonds. The summed E-state index contributed by atoms with van der Waals surface area (Å²) in [5, 5.41) is 8.92. The quantitative estimate of drug-likeness (QED) is 0.639. The minimum atomic E-state index is -3.51. The summed E-state index contributed by atoms with van der Waals surface area (Å²) in [5.41, 5.74) is 0.846. The average molecular weight is 488 g/mol. The zero-order valence-electron chi connectivity index (χ0n) is 18.9. The number of sulfone groups is 1. The third-order valence-corrected chi connectivity index (χ3v) is 7.19.